The fourth-order valence-electron chi connectivity index (χ4n) is 3.71. The molecule has 162 valence electrons. The molecule has 4 N–H and O–H groups in total. The molecule has 0 unspecified atom stereocenters. The Morgan fingerprint density at radius 3 is 2.84 bits per heavy atom. The Hall–Kier alpha value is -3.23. The number of aromatic nitrogens is 2. The highest BCUT2D eigenvalue weighted by Crippen LogP contribution is 2.26. The van der Waals surface area contributed by atoms with E-state index in [0.29, 0.717) is 30.6 Å². The van der Waals surface area contributed by atoms with Crippen molar-refractivity contribution < 1.29 is 19.0 Å². The van der Waals surface area contributed by atoms with Gasteiger partial charge in [0.15, 0.2) is 0 Å². The molecule has 0 spiro atoms. The number of anilines is 1. The van der Waals surface area contributed by atoms with Crippen LogP contribution in [0.4, 0.5) is 10.1 Å². The molecule has 2 heterocycles. The predicted molar refractivity (Wildman–Crippen MR) is 115 cm³/mol. The lowest BCUT2D eigenvalue weighted by Crippen LogP contribution is -2.49. The molecule has 1 aliphatic heterocycles. The second-order valence-corrected chi connectivity index (χ2v) is 7.74. The van der Waals surface area contributed by atoms with E-state index in [-0.39, 0.29) is 17.9 Å². The van der Waals surface area contributed by atoms with Crippen LogP contribution in [0.5, 0.6) is 0 Å². The number of carbonyl (C=O) groups is 1. The zero-order valence-electron chi connectivity index (χ0n) is 17.2. The molecular formula is C23H25FN4O3. The van der Waals surface area contributed by atoms with Crippen molar-refractivity contribution in [2.75, 3.05) is 18.9 Å². The number of halogens is 1. The number of aliphatic hydroxyl groups is 1. The van der Waals surface area contributed by atoms with Gasteiger partial charge >= 0.3 is 0 Å². The average Bonchev–Trinajstić information content (AvgIpc) is 3.31. The molecule has 8 heteroatoms. The summed E-state index contributed by atoms with van der Waals surface area (Å²) in [5, 5.41) is 17.0. The van der Waals surface area contributed by atoms with Crippen LogP contribution in [0.2, 0.25) is 0 Å². The first-order valence-corrected chi connectivity index (χ1v) is 10.2. The van der Waals surface area contributed by atoms with E-state index in [0.717, 1.165) is 11.3 Å². The summed E-state index contributed by atoms with van der Waals surface area (Å²) in [5.41, 5.74) is 8.75. The van der Waals surface area contributed by atoms with Crippen LogP contribution in [-0.4, -0.2) is 46.2 Å². The zero-order valence-corrected chi connectivity index (χ0v) is 17.2. The molecule has 1 aliphatic rings. The van der Waals surface area contributed by atoms with Crippen molar-refractivity contribution in [3.05, 3.63) is 76.9 Å². The highest BCUT2D eigenvalue weighted by Gasteiger charge is 2.27. The Morgan fingerprint density at radius 1 is 1.39 bits per heavy atom. The van der Waals surface area contributed by atoms with Gasteiger partial charge in [0.05, 0.1) is 35.7 Å². The van der Waals surface area contributed by atoms with Crippen LogP contribution < -0.4 is 11.1 Å². The first kappa shape index (κ1) is 21.0. The minimum atomic E-state index is -0.706. The Balaban J connectivity index is 1.56. The number of hydrogen-bond donors (Lipinski definition) is 3. The quantitative estimate of drug-likeness (QED) is 0.546. The number of hydrogen-bond acceptors (Lipinski definition) is 5. The summed E-state index contributed by atoms with van der Waals surface area (Å²) < 4.78 is 21.9. The molecule has 1 amide bonds. The highest BCUT2D eigenvalue weighted by atomic mass is 19.1. The van der Waals surface area contributed by atoms with Gasteiger partial charge in [-0.3, -0.25) is 4.79 Å². The number of nitrogens with zero attached hydrogens (tertiary/aromatic N) is 2. The number of rotatable bonds is 5. The summed E-state index contributed by atoms with van der Waals surface area (Å²) in [5.74, 6) is -1.13. The molecule has 0 bridgehead atoms. The van der Waals surface area contributed by atoms with Crippen molar-refractivity contribution in [3.8, 4) is 5.69 Å². The van der Waals surface area contributed by atoms with Crippen LogP contribution in [0.15, 0.2) is 48.8 Å². The molecule has 4 rings (SSSR count). The van der Waals surface area contributed by atoms with E-state index < -0.39 is 23.9 Å². The van der Waals surface area contributed by atoms with Gasteiger partial charge in [0.25, 0.3) is 5.91 Å². The molecule has 0 aliphatic carbocycles. The number of aliphatic hydroxyl groups excluding tert-OH is 1. The van der Waals surface area contributed by atoms with Crippen molar-refractivity contribution in [2.24, 2.45) is 0 Å². The van der Waals surface area contributed by atoms with Crippen molar-refractivity contribution >= 4 is 11.6 Å². The number of ether oxygens (including phenoxy) is 1. The van der Waals surface area contributed by atoms with Crippen LogP contribution in [-0.2, 0) is 11.2 Å². The zero-order chi connectivity index (χ0) is 22.0. The normalized spacial score (nSPS) is 18.7. The van der Waals surface area contributed by atoms with Crippen LogP contribution in [0.1, 0.15) is 33.5 Å². The third-order valence-corrected chi connectivity index (χ3v) is 5.64. The predicted octanol–water partition coefficient (Wildman–Crippen LogP) is 2.37. The van der Waals surface area contributed by atoms with Gasteiger partial charge < -0.3 is 20.9 Å². The third kappa shape index (κ3) is 4.45. The van der Waals surface area contributed by atoms with Gasteiger partial charge in [-0.25, -0.2) is 9.07 Å². The first-order chi connectivity index (χ1) is 14.9. The maximum atomic E-state index is 14.8. The molecule has 2 atom stereocenters. The summed E-state index contributed by atoms with van der Waals surface area (Å²) >= 11 is 0. The molecular weight excluding hydrogens is 399 g/mol. The van der Waals surface area contributed by atoms with Gasteiger partial charge in [-0.1, -0.05) is 12.1 Å². The van der Waals surface area contributed by atoms with Crippen molar-refractivity contribution in [1.82, 2.24) is 15.1 Å². The molecule has 0 radical (unpaired) electrons. The van der Waals surface area contributed by atoms with Crippen LogP contribution in [0.25, 0.3) is 5.69 Å². The fraction of sp³-hybridized carbons (Fsp3) is 0.304. The Labute approximate surface area is 179 Å². The van der Waals surface area contributed by atoms with E-state index in [1.165, 1.54) is 0 Å². The summed E-state index contributed by atoms with van der Waals surface area (Å²) in [6.07, 6.45) is 3.73. The van der Waals surface area contributed by atoms with Crippen LogP contribution >= 0.6 is 0 Å². The number of carbonyl (C=O) groups excluding carboxylic acids is 1. The lowest BCUT2D eigenvalue weighted by atomic mass is 9.95. The van der Waals surface area contributed by atoms with Crippen molar-refractivity contribution in [3.63, 3.8) is 0 Å². The van der Waals surface area contributed by atoms with Gasteiger partial charge in [0.1, 0.15) is 5.82 Å². The van der Waals surface area contributed by atoms with Gasteiger partial charge in [0, 0.05) is 19.0 Å². The average molecular weight is 424 g/mol. The highest BCUT2D eigenvalue weighted by molar-refractivity contribution is 6.00. The smallest absolute Gasteiger partial charge is 0.253 e. The van der Waals surface area contributed by atoms with E-state index >= 15 is 0 Å². The Bertz CT molecular complexity index is 1070. The number of amides is 1. The minimum Gasteiger partial charge on any atom is -0.396 e. The number of nitrogens with one attached hydrogen (secondary N) is 1. The lowest BCUT2D eigenvalue weighted by Gasteiger charge is -2.28. The van der Waals surface area contributed by atoms with Crippen molar-refractivity contribution in [1.29, 1.82) is 0 Å². The van der Waals surface area contributed by atoms with Gasteiger partial charge in [-0.15, -0.1) is 0 Å². The summed E-state index contributed by atoms with van der Waals surface area (Å²) in [4.78, 5) is 12.8. The largest absolute Gasteiger partial charge is 0.396 e. The summed E-state index contributed by atoms with van der Waals surface area (Å²) in [6, 6.07) is 10.7. The molecule has 1 aromatic heterocycles. The van der Waals surface area contributed by atoms with Crippen LogP contribution in [0.3, 0.4) is 0 Å². The second-order valence-electron chi connectivity index (χ2n) is 7.74. The van der Waals surface area contributed by atoms with E-state index in [1.54, 1.807) is 23.9 Å². The lowest BCUT2D eigenvalue weighted by molar-refractivity contribution is -0.0140. The monoisotopic (exact) mass is 424 g/mol. The third-order valence-electron chi connectivity index (χ3n) is 5.64. The van der Waals surface area contributed by atoms with E-state index in [2.05, 4.69) is 10.4 Å². The standard InChI is InChI=1S/C23H25FN4O3/c1-14-16(11-15-3-5-17(6-4-15)28-9-2-8-26-28)12-18(22(25)21(14)24)23(30)27-19-13-31-10-7-20(19)29/h2-6,8-9,12,19-20,29H,7,10-11,13,25H2,1H3,(H,27,30)/t19-,20-/m0/s1. The van der Waals surface area contributed by atoms with Crippen molar-refractivity contribution in [2.45, 2.75) is 31.9 Å². The van der Waals surface area contributed by atoms with Crippen LogP contribution in [0, 0.1) is 12.7 Å². The number of nitrogens with two attached hydrogens (primary N) is 1. The number of benzene rings is 2. The topological polar surface area (TPSA) is 102 Å². The molecule has 2 aromatic carbocycles. The summed E-state index contributed by atoms with van der Waals surface area (Å²) in [7, 11) is 0. The van der Waals surface area contributed by atoms with E-state index in [4.69, 9.17) is 10.5 Å². The van der Waals surface area contributed by atoms with Gasteiger partial charge in [-0.2, -0.15) is 5.10 Å². The molecule has 7 nitrogen and oxygen atoms in total. The Morgan fingerprint density at radius 2 is 2.16 bits per heavy atom. The molecule has 1 fully saturated rings. The molecule has 0 saturated carbocycles. The number of nitrogen functional groups attached to an aromatic ring is 1. The van der Waals surface area contributed by atoms with Gasteiger partial charge in [-0.05, 0) is 60.7 Å². The van der Waals surface area contributed by atoms with E-state index in [9.17, 15) is 14.3 Å². The maximum absolute atomic E-state index is 14.8. The second kappa shape index (κ2) is 8.87. The molecule has 3 aromatic rings. The SMILES string of the molecule is Cc1c(Cc2ccc(-n3cccn3)cc2)cc(C(=O)N[C@H]2COCC[C@@H]2O)c(N)c1F. The molecule has 31 heavy (non-hydrogen) atoms. The first-order valence-electron chi connectivity index (χ1n) is 10.2. The van der Waals surface area contributed by atoms with E-state index in [1.807, 2.05) is 36.5 Å². The Kier molecular flexibility index (Phi) is 6.01. The minimum absolute atomic E-state index is 0.0593. The molecule has 1 saturated heterocycles. The summed E-state index contributed by atoms with van der Waals surface area (Å²) in [6.45, 7) is 2.30. The maximum Gasteiger partial charge on any atom is 0.253 e. The fourth-order valence-corrected chi connectivity index (χ4v) is 3.71. The van der Waals surface area contributed by atoms with Gasteiger partial charge in [0.2, 0.25) is 0 Å².